The summed E-state index contributed by atoms with van der Waals surface area (Å²) >= 11 is 0. The summed E-state index contributed by atoms with van der Waals surface area (Å²) in [5, 5.41) is 3.24. The van der Waals surface area contributed by atoms with Crippen molar-refractivity contribution in [2.75, 3.05) is 26.1 Å². The van der Waals surface area contributed by atoms with E-state index in [2.05, 4.69) is 5.32 Å². The van der Waals surface area contributed by atoms with E-state index >= 15 is 0 Å². The van der Waals surface area contributed by atoms with Gasteiger partial charge in [0.2, 0.25) is 0 Å². The zero-order valence-corrected chi connectivity index (χ0v) is 11.4. The van der Waals surface area contributed by atoms with Crippen LogP contribution in [0.1, 0.15) is 30.6 Å². The molecule has 0 aromatic heterocycles. The minimum atomic E-state index is -0.330. The second-order valence-corrected chi connectivity index (χ2v) is 4.68. The largest absolute Gasteiger partial charge is 0.465 e. The van der Waals surface area contributed by atoms with Gasteiger partial charge in [-0.05, 0) is 32.4 Å². The van der Waals surface area contributed by atoms with Crippen molar-refractivity contribution < 1.29 is 14.3 Å². The number of ether oxygens (including phenoxy) is 2. The van der Waals surface area contributed by atoms with Gasteiger partial charge in [-0.15, -0.1) is 0 Å². The van der Waals surface area contributed by atoms with E-state index in [1.165, 1.54) is 7.11 Å². The van der Waals surface area contributed by atoms with E-state index in [0.29, 0.717) is 5.56 Å². The zero-order valence-electron chi connectivity index (χ0n) is 11.4. The lowest BCUT2D eigenvalue weighted by atomic mass is 10.1. The molecule has 0 spiro atoms. The average Bonchev–Trinajstić information content (AvgIpc) is 2.38. The predicted molar refractivity (Wildman–Crippen MR) is 72.0 cm³/mol. The highest BCUT2D eigenvalue weighted by Crippen LogP contribution is 2.18. The van der Waals surface area contributed by atoms with Gasteiger partial charge in [0, 0.05) is 19.3 Å². The van der Waals surface area contributed by atoms with Crippen LogP contribution in [0, 0.1) is 0 Å². The molecule has 1 aromatic carbocycles. The fraction of sp³-hybridized carbons (Fsp3) is 0.500. The number of para-hydroxylation sites is 1. The normalized spacial score (nSPS) is 11.1. The number of hydrogen-bond donors (Lipinski definition) is 1. The van der Waals surface area contributed by atoms with Crippen LogP contribution in [0.4, 0.5) is 5.69 Å². The van der Waals surface area contributed by atoms with Crippen molar-refractivity contribution in [2.45, 2.75) is 25.9 Å². The summed E-state index contributed by atoms with van der Waals surface area (Å²) in [6.45, 7) is 4.79. The van der Waals surface area contributed by atoms with Gasteiger partial charge in [0.15, 0.2) is 0 Å². The van der Waals surface area contributed by atoms with Crippen LogP contribution in [0.15, 0.2) is 24.3 Å². The topological polar surface area (TPSA) is 47.6 Å². The summed E-state index contributed by atoms with van der Waals surface area (Å²) in [6.07, 6.45) is 0.846. The van der Waals surface area contributed by atoms with Gasteiger partial charge in [-0.1, -0.05) is 12.1 Å². The van der Waals surface area contributed by atoms with Crippen molar-refractivity contribution in [3.05, 3.63) is 29.8 Å². The van der Waals surface area contributed by atoms with E-state index in [1.807, 2.05) is 32.0 Å². The van der Waals surface area contributed by atoms with E-state index in [0.717, 1.165) is 18.7 Å². The number of anilines is 1. The molecular weight excluding hydrogens is 230 g/mol. The van der Waals surface area contributed by atoms with Gasteiger partial charge in [0.05, 0.1) is 18.3 Å². The van der Waals surface area contributed by atoms with E-state index in [4.69, 9.17) is 9.47 Å². The summed E-state index contributed by atoms with van der Waals surface area (Å²) in [5.74, 6) is -0.330. The first kappa shape index (κ1) is 14.5. The maximum Gasteiger partial charge on any atom is 0.339 e. The van der Waals surface area contributed by atoms with Crippen LogP contribution >= 0.6 is 0 Å². The summed E-state index contributed by atoms with van der Waals surface area (Å²) < 4.78 is 10.1. The third-order valence-electron chi connectivity index (χ3n) is 2.93. The Bertz CT molecular complexity index is 402. The number of esters is 1. The minimum Gasteiger partial charge on any atom is -0.465 e. The molecule has 0 bridgehead atoms. The van der Waals surface area contributed by atoms with Gasteiger partial charge in [-0.2, -0.15) is 0 Å². The first-order valence-electron chi connectivity index (χ1n) is 5.96. The summed E-state index contributed by atoms with van der Waals surface area (Å²) in [6, 6.07) is 7.31. The quantitative estimate of drug-likeness (QED) is 0.790. The predicted octanol–water partition coefficient (Wildman–Crippen LogP) is 2.70. The molecular formula is C14H21NO3. The molecule has 18 heavy (non-hydrogen) atoms. The number of nitrogens with one attached hydrogen (secondary N) is 1. The summed E-state index contributed by atoms with van der Waals surface area (Å²) in [4.78, 5) is 11.6. The number of rotatable bonds is 6. The van der Waals surface area contributed by atoms with Crippen LogP contribution in [0.5, 0.6) is 0 Å². The standard InChI is InChI=1S/C14H21NO3/c1-14(2,18-4)9-10-15-12-8-6-5-7-11(12)13(16)17-3/h5-8,15H,9-10H2,1-4H3. The van der Waals surface area contributed by atoms with E-state index in [-0.39, 0.29) is 11.6 Å². The fourth-order valence-corrected chi connectivity index (χ4v) is 1.53. The number of carbonyl (C=O) groups excluding carboxylic acids is 1. The van der Waals surface area contributed by atoms with Gasteiger partial charge in [-0.25, -0.2) is 4.79 Å². The van der Waals surface area contributed by atoms with E-state index in [9.17, 15) is 4.79 Å². The lowest BCUT2D eigenvalue weighted by Crippen LogP contribution is -2.26. The molecule has 100 valence electrons. The van der Waals surface area contributed by atoms with Crippen LogP contribution < -0.4 is 5.32 Å². The monoisotopic (exact) mass is 251 g/mol. The molecule has 0 fully saturated rings. The second kappa shape index (κ2) is 6.40. The Labute approximate surface area is 108 Å². The number of hydrogen-bond acceptors (Lipinski definition) is 4. The Balaban J connectivity index is 2.65. The highest BCUT2D eigenvalue weighted by molar-refractivity contribution is 5.95. The van der Waals surface area contributed by atoms with Crippen LogP contribution in [0.2, 0.25) is 0 Å². The Hall–Kier alpha value is -1.55. The van der Waals surface area contributed by atoms with Gasteiger partial charge in [0.1, 0.15) is 0 Å². The molecule has 0 heterocycles. The molecule has 0 radical (unpaired) electrons. The molecule has 0 saturated heterocycles. The van der Waals surface area contributed by atoms with Gasteiger partial charge >= 0.3 is 5.97 Å². The number of methoxy groups -OCH3 is 2. The van der Waals surface area contributed by atoms with Crippen LogP contribution in [0.25, 0.3) is 0 Å². The molecule has 0 amide bonds. The Morgan fingerprint density at radius 3 is 2.56 bits per heavy atom. The smallest absolute Gasteiger partial charge is 0.339 e. The third kappa shape index (κ3) is 4.04. The second-order valence-electron chi connectivity index (χ2n) is 4.68. The first-order valence-corrected chi connectivity index (χ1v) is 5.96. The molecule has 0 aliphatic heterocycles. The molecule has 0 aliphatic carbocycles. The average molecular weight is 251 g/mol. The van der Waals surface area contributed by atoms with Crippen molar-refractivity contribution >= 4 is 11.7 Å². The highest BCUT2D eigenvalue weighted by Gasteiger charge is 2.16. The summed E-state index contributed by atoms with van der Waals surface area (Å²) in [7, 11) is 3.08. The Kier molecular flexibility index (Phi) is 5.16. The molecule has 1 rings (SSSR count). The Morgan fingerprint density at radius 2 is 1.94 bits per heavy atom. The number of benzene rings is 1. The van der Waals surface area contributed by atoms with Crippen molar-refractivity contribution in [1.29, 1.82) is 0 Å². The van der Waals surface area contributed by atoms with Crippen molar-refractivity contribution in [2.24, 2.45) is 0 Å². The molecule has 4 nitrogen and oxygen atoms in total. The van der Waals surface area contributed by atoms with Crippen LogP contribution in [-0.2, 0) is 9.47 Å². The van der Waals surface area contributed by atoms with Crippen molar-refractivity contribution in [1.82, 2.24) is 0 Å². The van der Waals surface area contributed by atoms with Crippen LogP contribution in [-0.4, -0.2) is 32.3 Å². The Morgan fingerprint density at radius 1 is 1.28 bits per heavy atom. The molecule has 0 atom stereocenters. The third-order valence-corrected chi connectivity index (χ3v) is 2.93. The fourth-order valence-electron chi connectivity index (χ4n) is 1.53. The lowest BCUT2D eigenvalue weighted by molar-refractivity contribution is 0.0185. The van der Waals surface area contributed by atoms with Gasteiger partial charge < -0.3 is 14.8 Å². The van der Waals surface area contributed by atoms with E-state index < -0.39 is 0 Å². The first-order chi connectivity index (χ1) is 8.50. The molecule has 1 N–H and O–H groups in total. The highest BCUT2D eigenvalue weighted by atomic mass is 16.5. The molecule has 4 heteroatoms. The van der Waals surface area contributed by atoms with Crippen LogP contribution in [0.3, 0.4) is 0 Å². The SMILES string of the molecule is COC(=O)c1ccccc1NCCC(C)(C)OC. The number of carbonyl (C=O) groups is 1. The maximum absolute atomic E-state index is 11.6. The maximum atomic E-state index is 11.6. The van der Waals surface area contributed by atoms with E-state index in [1.54, 1.807) is 13.2 Å². The van der Waals surface area contributed by atoms with Crippen molar-refractivity contribution in [3.8, 4) is 0 Å². The molecule has 0 unspecified atom stereocenters. The van der Waals surface area contributed by atoms with Gasteiger partial charge in [0.25, 0.3) is 0 Å². The lowest BCUT2D eigenvalue weighted by Gasteiger charge is -2.23. The molecule has 0 saturated carbocycles. The minimum absolute atomic E-state index is 0.173. The molecule has 1 aromatic rings. The zero-order chi connectivity index (χ0) is 13.6. The summed E-state index contributed by atoms with van der Waals surface area (Å²) in [5.41, 5.74) is 1.17. The molecule has 0 aliphatic rings. The van der Waals surface area contributed by atoms with Gasteiger partial charge in [-0.3, -0.25) is 0 Å². The van der Waals surface area contributed by atoms with Crippen molar-refractivity contribution in [3.63, 3.8) is 0 Å².